The monoisotopic (exact) mass is 304 g/mol. The Morgan fingerprint density at radius 2 is 2.05 bits per heavy atom. The molecular formula is C15H10F2N2OS. The van der Waals surface area contributed by atoms with Gasteiger partial charge in [0.15, 0.2) is 5.13 Å². The van der Waals surface area contributed by atoms with Crippen LogP contribution >= 0.6 is 11.3 Å². The van der Waals surface area contributed by atoms with Crippen LogP contribution in [0.4, 0.5) is 13.9 Å². The molecule has 0 bridgehead atoms. The van der Waals surface area contributed by atoms with Crippen molar-refractivity contribution in [3.8, 4) is 0 Å². The molecule has 6 heteroatoms. The van der Waals surface area contributed by atoms with Gasteiger partial charge in [0.2, 0.25) is 0 Å². The zero-order valence-corrected chi connectivity index (χ0v) is 11.8. The summed E-state index contributed by atoms with van der Waals surface area (Å²) in [6.07, 6.45) is 0. The summed E-state index contributed by atoms with van der Waals surface area (Å²) in [5.41, 5.74) is 1.43. The normalized spacial score (nSPS) is 10.8. The number of aromatic nitrogens is 1. The Morgan fingerprint density at radius 3 is 2.81 bits per heavy atom. The molecule has 1 N–H and O–H groups in total. The molecule has 0 saturated carbocycles. The lowest BCUT2D eigenvalue weighted by atomic mass is 10.2. The fourth-order valence-corrected chi connectivity index (χ4v) is 2.91. The van der Waals surface area contributed by atoms with Crippen molar-refractivity contribution in [2.45, 2.75) is 6.92 Å². The van der Waals surface area contributed by atoms with Crippen LogP contribution in [-0.2, 0) is 0 Å². The molecule has 0 atom stereocenters. The van der Waals surface area contributed by atoms with E-state index in [1.165, 1.54) is 11.3 Å². The molecule has 21 heavy (non-hydrogen) atoms. The van der Waals surface area contributed by atoms with E-state index >= 15 is 0 Å². The number of amides is 1. The van der Waals surface area contributed by atoms with Crippen molar-refractivity contribution >= 4 is 32.6 Å². The molecule has 1 heterocycles. The largest absolute Gasteiger partial charge is 0.298 e. The summed E-state index contributed by atoms with van der Waals surface area (Å²) in [6.45, 7) is 1.92. The minimum Gasteiger partial charge on any atom is -0.298 e. The second kappa shape index (κ2) is 5.21. The first kappa shape index (κ1) is 13.6. The molecule has 0 aliphatic rings. The van der Waals surface area contributed by atoms with Gasteiger partial charge in [0.1, 0.15) is 11.6 Å². The van der Waals surface area contributed by atoms with Crippen molar-refractivity contribution in [3.63, 3.8) is 0 Å². The molecule has 0 radical (unpaired) electrons. The quantitative estimate of drug-likeness (QED) is 0.773. The first-order valence-electron chi connectivity index (χ1n) is 6.17. The van der Waals surface area contributed by atoms with Gasteiger partial charge in [-0.25, -0.2) is 13.8 Å². The van der Waals surface area contributed by atoms with Crippen molar-refractivity contribution in [1.29, 1.82) is 0 Å². The average Bonchev–Trinajstić information content (AvgIpc) is 2.85. The SMILES string of the molecule is Cc1cccc2sc(NC(=O)c3cc(F)ccc3F)nc12. The zero-order chi connectivity index (χ0) is 15.0. The number of carbonyl (C=O) groups is 1. The maximum absolute atomic E-state index is 13.5. The van der Waals surface area contributed by atoms with Crippen LogP contribution in [0.2, 0.25) is 0 Å². The molecular weight excluding hydrogens is 294 g/mol. The number of fused-ring (bicyclic) bond motifs is 1. The summed E-state index contributed by atoms with van der Waals surface area (Å²) in [5.74, 6) is -2.16. The molecule has 0 fully saturated rings. The molecule has 106 valence electrons. The van der Waals surface area contributed by atoms with Crippen LogP contribution in [-0.4, -0.2) is 10.9 Å². The highest BCUT2D eigenvalue weighted by atomic mass is 32.1. The van der Waals surface area contributed by atoms with Gasteiger partial charge in [-0.05, 0) is 36.8 Å². The van der Waals surface area contributed by atoms with Gasteiger partial charge in [-0.2, -0.15) is 0 Å². The summed E-state index contributed by atoms with van der Waals surface area (Å²) >= 11 is 1.29. The standard InChI is InChI=1S/C15H10F2N2OS/c1-8-3-2-4-12-13(8)18-15(21-12)19-14(20)10-7-9(16)5-6-11(10)17/h2-7H,1H3,(H,18,19,20). The third-order valence-corrected chi connectivity index (χ3v) is 3.95. The van der Waals surface area contributed by atoms with E-state index in [4.69, 9.17) is 0 Å². The predicted molar refractivity (Wildman–Crippen MR) is 78.7 cm³/mol. The molecule has 0 aliphatic carbocycles. The topological polar surface area (TPSA) is 42.0 Å². The average molecular weight is 304 g/mol. The van der Waals surface area contributed by atoms with E-state index < -0.39 is 17.5 Å². The van der Waals surface area contributed by atoms with Crippen LogP contribution in [0, 0.1) is 18.6 Å². The van der Waals surface area contributed by atoms with E-state index in [9.17, 15) is 13.6 Å². The molecule has 0 unspecified atom stereocenters. The molecule has 1 amide bonds. The van der Waals surface area contributed by atoms with Crippen molar-refractivity contribution in [2.75, 3.05) is 5.32 Å². The van der Waals surface area contributed by atoms with Crippen LogP contribution in [0.15, 0.2) is 36.4 Å². The first-order valence-corrected chi connectivity index (χ1v) is 6.99. The summed E-state index contributed by atoms with van der Waals surface area (Å²) < 4.78 is 27.6. The summed E-state index contributed by atoms with van der Waals surface area (Å²) in [4.78, 5) is 16.3. The van der Waals surface area contributed by atoms with Crippen LogP contribution in [0.5, 0.6) is 0 Å². The summed E-state index contributed by atoms with van der Waals surface area (Å²) in [7, 11) is 0. The third kappa shape index (κ3) is 2.62. The maximum atomic E-state index is 13.5. The van der Waals surface area contributed by atoms with Crippen LogP contribution in [0.3, 0.4) is 0 Å². The number of nitrogens with one attached hydrogen (secondary N) is 1. The Bertz CT molecular complexity index is 845. The van der Waals surface area contributed by atoms with E-state index in [0.717, 1.165) is 34.0 Å². The number of para-hydroxylation sites is 1. The predicted octanol–water partition coefficient (Wildman–Crippen LogP) is 4.14. The number of anilines is 1. The second-order valence-corrected chi connectivity index (χ2v) is 5.55. The van der Waals surface area contributed by atoms with Gasteiger partial charge in [-0.3, -0.25) is 10.1 Å². The van der Waals surface area contributed by atoms with Crippen molar-refractivity contribution in [1.82, 2.24) is 4.98 Å². The number of hydrogen-bond acceptors (Lipinski definition) is 3. The number of rotatable bonds is 2. The van der Waals surface area contributed by atoms with Crippen LogP contribution in [0.25, 0.3) is 10.2 Å². The molecule has 3 nitrogen and oxygen atoms in total. The lowest BCUT2D eigenvalue weighted by Gasteiger charge is -2.02. The van der Waals surface area contributed by atoms with Crippen LogP contribution < -0.4 is 5.32 Å². The molecule has 2 aromatic carbocycles. The number of carbonyl (C=O) groups excluding carboxylic acids is 1. The van der Waals surface area contributed by atoms with Gasteiger partial charge in [0, 0.05) is 0 Å². The van der Waals surface area contributed by atoms with Gasteiger partial charge >= 0.3 is 0 Å². The lowest BCUT2D eigenvalue weighted by molar-refractivity contribution is 0.102. The number of nitrogens with zero attached hydrogens (tertiary/aromatic N) is 1. The minimum atomic E-state index is -0.772. The summed E-state index contributed by atoms with van der Waals surface area (Å²) in [6, 6.07) is 8.45. The molecule has 0 saturated heterocycles. The van der Waals surface area contributed by atoms with E-state index in [1.807, 2.05) is 25.1 Å². The number of thiazole rings is 1. The smallest absolute Gasteiger partial charge is 0.260 e. The Morgan fingerprint density at radius 1 is 1.24 bits per heavy atom. The first-order chi connectivity index (χ1) is 10.0. The number of aryl methyl sites for hydroxylation is 1. The van der Waals surface area contributed by atoms with Crippen molar-refractivity contribution in [3.05, 3.63) is 59.2 Å². The Kier molecular flexibility index (Phi) is 3.39. The van der Waals surface area contributed by atoms with E-state index in [-0.39, 0.29) is 5.56 Å². The van der Waals surface area contributed by atoms with Gasteiger partial charge in [-0.15, -0.1) is 0 Å². The molecule has 3 aromatic rings. The fourth-order valence-electron chi connectivity index (χ4n) is 1.98. The Hall–Kier alpha value is -2.34. The van der Waals surface area contributed by atoms with Gasteiger partial charge in [0.05, 0.1) is 15.8 Å². The molecule has 0 spiro atoms. The fraction of sp³-hybridized carbons (Fsp3) is 0.0667. The maximum Gasteiger partial charge on any atom is 0.260 e. The second-order valence-electron chi connectivity index (χ2n) is 4.52. The Labute approximate surface area is 123 Å². The highest BCUT2D eigenvalue weighted by molar-refractivity contribution is 7.22. The van der Waals surface area contributed by atoms with Crippen molar-refractivity contribution in [2.24, 2.45) is 0 Å². The van der Waals surface area contributed by atoms with Gasteiger partial charge in [0.25, 0.3) is 5.91 Å². The highest BCUT2D eigenvalue weighted by Crippen LogP contribution is 2.28. The van der Waals surface area contributed by atoms with E-state index in [2.05, 4.69) is 10.3 Å². The number of halogens is 2. The van der Waals surface area contributed by atoms with E-state index in [0.29, 0.717) is 5.13 Å². The molecule has 1 aromatic heterocycles. The highest BCUT2D eigenvalue weighted by Gasteiger charge is 2.15. The van der Waals surface area contributed by atoms with E-state index in [1.54, 1.807) is 0 Å². The van der Waals surface area contributed by atoms with Crippen molar-refractivity contribution < 1.29 is 13.6 Å². The summed E-state index contributed by atoms with van der Waals surface area (Å²) in [5, 5.41) is 2.86. The number of benzene rings is 2. The minimum absolute atomic E-state index is 0.342. The Balaban J connectivity index is 1.93. The van der Waals surface area contributed by atoms with Gasteiger partial charge in [-0.1, -0.05) is 23.5 Å². The van der Waals surface area contributed by atoms with Gasteiger partial charge < -0.3 is 0 Å². The number of hydrogen-bond donors (Lipinski definition) is 1. The molecule has 0 aliphatic heterocycles. The zero-order valence-electron chi connectivity index (χ0n) is 11.0. The third-order valence-electron chi connectivity index (χ3n) is 3.01. The van der Waals surface area contributed by atoms with Crippen LogP contribution in [0.1, 0.15) is 15.9 Å². The lowest BCUT2D eigenvalue weighted by Crippen LogP contribution is -2.13. The molecule has 3 rings (SSSR count).